The first-order valence-corrected chi connectivity index (χ1v) is 14.4. The third kappa shape index (κ3) is 6.60. The van der Waals surface area contributed by atoms with Crippen LogP contribution in [0.2, 0.25) is 0 Å². The smallest absolute Gasteiger partial charge is 0.320 e. The standard InChI is InChI=1S/C28H35F2N5O4S/c1-38-23-6-5-21(32-25(23)35-15-11-28(29,30)12-16-35)26(37)33-20-4-3-19(40-31-18-24(36)39-2)17-22(20)34-13-9-27(7-8-27)10-14-34/h3-6,17,31H,7-16,18H2,1-2H3,(H,33,37). The molecule has 2 aliphatic heterocycles. The second-order valence-electron chi connectivity index (χ2n) is 10.7. The number of aromatic nitrogens is 1. The van der Waals surface area contributed by atoms with Crippen LogP contribution < -0.4 is 24.6 Å². The molecule has 3 heterocycles. The molecule has 9 nitrogen and oxygen atoms in total. The van der Waals surface area contributed by atoms with E-state index in [2.05, 4.69) is 24.7 Å². The summed E-state index contributed by atoms with van der Waals surface area (Å²) >= 11 is 1.32. The number of anilines is 3. The van der Waals surface area contributed by atoms with Crippen molar-refractivity contribution in [3.05, 3.63) is 36.0 Å². The first kappa shape index (κ1) is 28.4. The Balaban J connectivity index is 1.35. The maximum absolute atomic E-state index is 13.7. The Morgan fingerprint density at radius 3 is 2.33 bits per heavy atom. The van der Waals surface area contributed by atoms with Gasteiger partial charge in [-0.05, 0) is 73.4 Å². The highest BCUT2D eigenvalue weighted by molar-refractivity contribution is 7.97. The SMILES string of the molecule is COC(=O)CNSc1ccc(NC(=O)c2ccc(OC)c(N3CCC(F)(F)CC3)n2)c(N2CCC3(CC2)CC3)c1. The topological polar surface area (TPSA) is 96.0 Å². The van der Waals surface area contributed by atoms with Crippen molar-refractivity contribution >= 4 is 41.0 Å². The van der Waals surface area contributed by atoms with Gasteiger partial charge in [-0.3, -0.25) is 9.59 Å². The molecular formula is C28H35F2N5O4S. The number of hydrogen-bond acceptors (Lipinski definition) is 9. The molecule has 216 valence electrons. The second kappa shape index (κ2) is 11.8. The van der Waals surface area contributed by atoms with Crippen LogP contribution in [0.5, 0.6) is 5.75 Å². The van der Waals surface area contributed by atoms with E-state index in [9.17, 15) is 18.4 Å². The van der Waals surface area contributed by atoms with Crippen molar-refractivity contribution < 1.29 is 27.8 Å². The zero-order chi connectivity index (χ0) is 28.3. The van der Waals surface area contributed by atoms with Gasteiger partial charge in [0.1, 0.15) is 12.2 Å². The van der Waals surface area contributed by atoms with Gasteiger partial charge in [0, 0.05) is 43.9 Å². The van der Waals surface area contributed by atoms with E-state index in [1.807, 2.05) is 18.2 Å². The van der Waals surface area contributed by atoms with Crippen LogP contribution in [0.4, 0.5) is 26.0 Å². The molecule has 0 radical (unpaired) electrons. The van der Waals surface area contributed by atoms with Crippen LogP contribution in [0, 0.1) is 5.41 Å². The van der Waals surface area contributed by atoms with E-state index >= 15 is 0 Å². The first-order chi connectivity index (χ1) is 19.2. The van der Waals surface area contributed by atoms with Crippen LogP contribution in [0.3, 0.4) is 0 Å². The maximum atomic E-state index is 13.7. The minimum atomic E-state index is -2.69. The zero-order valence-electron chi connectivity index (χ0n) is 22.8. The van der Waals surface area contributed by atoms with Crippen LogP contribution >= 0.6 is 11.9 Å². The molecule has 2 aromatic rings. The molecule has 2 saturated heterocycles. The molecule has 0 unspecified atom stereocenters. The monoisotopic (exact) mass is 575 g/mol. The van der Waals surface area contributed by atoms with Crippen molar-refractivity contribution in [1.29, 1.82) is 0 Å². The van der Waals surface area contributed by atoms with E-state index < -0.39 is 11.8 Å². The molecule has 1 spiro atoms. The Bertz CT molecular complexity index is 1240. The summed E-state index contributed by atoms with van der Waals surface area (Å²) in [7, 11) is 2.84. The molecule has 1 saturated carbocycles. The fraction of sp³-hybridized carbons (Fsp3) is 0.536. The Hall–Kier alpha value is -3.12. The molecule has 1 amide bonds. The highest BCUT2D eigenvalue weighted by Gasteiger charge is 2.44. The lowest BCUT2D eigenvalue weighted by Gasteiger charge is -2.35. The minimum Gasteiger partial charge on any atom is -0.493 e. The molecule has 0 bridgehead atoms. The van der Waals surface area contributed by atoms with Crippen LogP contribution in [-0.2, 0) is 9.53 Å². The van der Waals surface area contributed by atoms with Crippen LogP contribution in [0.25, 0.3) is 0 Å². The number of nitrogens with zero attached hydrogens (tertiary/aromatic N) is 3. The third-order valence-electron chi connectivity index (χ3n) is 8.06. The molecule has 40 heavy (non-hydrogen) atoms. The lowest BCUT2D eigenvalue weighted by atomic mass is 9.93. The number of nitrogens with one attached hydrogen (secondary N) is 2. The quantitative estimate of drug-likeness (QED) is 0.325. The zero-order valence-corrected chi connectivity index (χ0v) is 23.6. The highest BCUT2D eigenvalue weighted by atomic mass is 32.2. The van der Waals surface area contributed by atoms with Gasteiger partial charge >= 0.3 is 5.97 Å². The number of ether oxygens (including phenoxy) is 2. The molecule has 3 fully saturated rings. The summed E-state index contributed by atoms with van der Waals surface area (Å²) in [6.07, 6.45) is 4.28. The van der Waals surface area contributed by atoms with Gasteiger partial charge in [0.25, 0.3) is 11.8 Å². The summed E-state index contributed by atoms with van der Waals surface area (Å²) in [5.74, 6) is -2.62. The largest absolute Gasteiger partial charge is 0.493 e. The van der Waals surface area contributed by atoms with Crippen LogP contribution in [0.15, 0.2) is 35.2 Å². The number of halogens is 2. The van der Waals surface area contributed by atoms with Crippen molar-refractivity contribution in [2.75, 3.05) is 62.1 Å². The van der Waals surface area contributed by atoms with E-state index in [1.54, 1.807) is 17.0 Å². The lowest BCUT2D eigenvalue weighted by Crippen LogP contribution is -2.40. The summed E-state index contributed by atoms with van der Waals surface area (Å²) in [4.78, 5) is 34.4. The average molecular weight is 576 g/mol. The molecule has 1 aliphatic carbocycles. The van der Waals surface area contributed by atoms with Crippen molar-refractivity contribution in [2.45, 2.75) is 49.3 Å². The molecular weight excluding hydrogens is 540 g/mol. The van der Waals surface area contributed by atoms with E-state index in [1.165, 1.54) is 39.0 Å². The number of pyridine rings is 1. The van der Waals surface area contributed by atoms with Crippen molar-refractivity contribution in [2.24, 2.45) is 5.41 Å². The van der Waals surface area contributed by atoms with Gasteiger partial charge in [0.2, 0.25) is 0 Å². The molecule has 0 atom stereocenters. The maximum Gasteiger partial charge on any atom is 0.320 e. The fourth-order valence-electron chi connectivity index (χ4n) is 5.27. The van der Waals surface area contributed by atoms with Crippen molar-refractivity contribution in [1.82, 2.24) is 9.71 Å². The molecule has 5 rings (SSSR count). The summed E-state index contributed by atoms with van der Waals surface area (Å²) in [5, 5.41) is 3.03. The number of hydrogen-bond donors (Lipinski definition) is 2. The Labute approximate surface area is 237 Å². The Morgan fingerprint density at radius 2 is 1.68 bits per heavy atom. The van der Waals surface area contributed by atoms with Crippen molar-refractivity contribution in [3.63, 3.8) is 0 Å². The molecule has 1 aromatic heterocycles. The van der Waals surface area contributed by atoms with Gasteiger partial charge in [-0.25, -0.2) is 18.5 Å². The van der Waals surface area contributed by atoms with Gasteiger partial charge in [-0.1, -0.05) is 0 Å². The number of carbonyl (C=O) groups is 2. The van der Waals surface area contributed by atoms with Gasteiger partial charge in [-0.15, -0.1) is 0 Å². The number of methoxy groups -OCH3 is 2. The highest BCUT2D eigenvalue weighted by Crippen LogP contribution is 2.54. The summed E-state index contributed by atoms with van der Waals surface area (Å²) in [5.41, 5.74) is 2.23. The molecule has 2 N–H and O–H groups in total. The second-order valence-corrected chi connectivity index (χ2v) is 11.6. The number of alkyl halides is 2. The number of carbonyl (C=O) groups excluding carboxylic acids is 2. The number of piperidine rings is 2. The van der Waals surface area contributed by atoms with E-state index in [0.29, 0.717) is 22.7 Å². The van der Waals surface area contributed by atoms with E-state index in [-0.39, 0.29) is 44.1 Å². The number of esters is 1. The molecule has 12 heteroatoms. The van der Waals surface area contributed by atoms with Gasteiger partial charge in [0.05, 0.1) is 25.6 Å². The summed E-state index contributed by atoms with van der Waals surface area (Å²) in [6, 6.07) is 8.97. The predicted octanol–water partition coefficient (Wildman–Crippen LogP) is 4.73. The normalized spacial score (nSPS) is 19.3. The summed E-state index contributed by atoms with van der Waals surface area (Å²) in [6.45, 7) is 2.13. The van der Waals surface area contributed by atoms with E-state index in [4.69, 9.17) is 4.74 Å². The average Bonchev–Trinajstić information content (AvgIpc) is 3.72. The molecule has 3 aliphatic rings. The Kier molecular flexibility index (Phi) is 8.37. The van der Waals surface area contributed by atoms with Crippen molar-refractivity contribution in [3.8, 4) is 5.75 Å². The number of rotatable bonds is 9. The number of amides is 1. The van der Waals surface area contributed by atoms with E-state index in [0.717, 1.165) is 36.5 Å². The summed E-state index contributed by atoms with van der Waals surface area (Å²) < 4.78 is 40.6. The number of benzene rings is 1. The predicted molar refractivity (Wildman–Crippen MR) is 151 cm³/mol. The third-order valence-corrected chi connectivity index (χ3v) is 8.84. The Morgan fingerprint density at radius 1 is 0.975 bits per heavy atom. The molecule has 1 aromatic carbocycles. The fourth-order valence-corrected chi connectivity index (χ4v) is 5.93. The van der Waals surface area contributed by atoms with Crippen LogP contribution in [0.1, 0.15) is 49.0 Å². The first-order valence-electron chi connectivity index (χ1n) is 13.6. The van der Waals surface area contributed by atoms with Gasteiger partial charge < -0.3 is 24.6 Å². The lowest BCUT2D eigenvalue weighted by molar-refractivity contribution is -0.139. The minimum absolute atomic E-state index is 0.0708. The van der Waals surface area contributed by atoms with Crippen LogP contribution in [-0.4, -0.2) is 69.7 Å². The van der Waals surface area contributed by atoms with Gasteiger partial charge in [-0.2, -0.15) is 0 Å². The van der Waals surface area contributed by atoms with Gasteiger partial charge in [0.15, 0.2) is 11.6 Å².